The lowest BCUT2D eigenvalue weighted by Crippen LogP contribution is -2.41. The number of nitrogens with zero attached hydrogens (tertiary/aromatic N) is 1. The Balaban J connectivity index is 2.16. The van der Waals surface area contributed by atoms with Crippen molar-refractivity contribution in [3.8, 4) is 0 Å². The average molecular weight is 193 g/mol. The van der Waals surface area contributed by atoms with Gasteiger partial charge in [0.2, 0.25) is 0 Å². The van der Waals surface area contributed by atoms with Gasteiger partial charge in [0.15, 0.2) is 0 Å². The SMILES string of the molecule is C=C1CN2CCCC2(CC(C)(C)C)C1. The molecule has 14 heavy (non-hydrogen) atoms. The Morgan fingerprint density at radius 2 is 2.14 bits per heavy atom. The third-order valence-corrected chi connectivity index (χ3v) is 3.59. The van der Waals surface area contributed by atoms with Crippen molar-refractivity contribution in [3.05, 3.63) is 12.2 Å². The van der Waals surface area contributed by atoms with Crippen LogP contribution in [0.15, 0.2) is 12.2 Å². The fourth-order valence-electron chi connectivity index (χ4n) is 3.48. The highest BCUT2D eigenvalue weighted by atomic mass is 15.2. The topological polar surface area (TPSA) is 3.24 Å². The highest BCUT2D eigenvalue weighted by Crippen LogP contribution is 2.47. The van der Waals surface area contributed by atoms with Crippen LogP contribution in [0, 0.1) is 5.41 Å². The number of hydrogen-bond donors (Lipinski definition) is 0. The van der Waals surface area contributed by atoms with E-state index in [2.05, 4.69) is 32.3 Å². The molecule has 1 heteroatoms. The molecule has 0 saturated carbocycles. The maximum absolute atomic E-state index is 4.17. The molecular formula is C13H23N. The zero-order valence-corrected chi connectivity index (χ0v) is 9.90. The first-order valence-electron chi connectivity index (χ1n) is 5.83. The molecular weight excluding hydrogens is 170 g/mol. The highest BCUT2D eigenvalue weighted by Gasteiger charge is 2.47. The second-order valence-electron chi connectivity index (χ2n) is 6.41. The fourth-order valence-corrected chi connectivity index (χ4v) is 3.48. The third-order valence-electron chi connectivity index (χ3n) is 3.59. The Morgan fingerprint density at radius 3 is 2.79 bits per heavy atom. The first-order chi connectivity index (χ1) is 6.41. The van der Waals surface area contributed by atoms with Crippen molar-refractivity contribution < 1.29 is 0 Å². The van der Waals surface area contributed by atoms with Crippen molar-refractivity contribution in [2.45, 2.75) is 52.0 Å². The van der Waals surface area contributed by atoms with Crippen molar-refractivity contribution in [1.82, 2.24) is 4.90 Å². The standard InChI is InChI=1S/C13H23N/c1-11-8-13(10-12(2,3)4)6-5-7-14(13)9-11/h1,5-10H2,2-4H3. The quantitative estimate of drug-likeness (QED) is 0.578. The molecule has 2 saturated heterocycles. The summed E-state index contributed by atoms with van der Waals surface area (Å²) < 4.78 is 0. The largest absolute Gasteiger partial charge is 0.293 e. The van der Waals surface area contributed by atoms with Gasteiger partial charge in [-0.15, -0.1) is 0 Å². The van der Waals surface area contributed by atoms with Gasteiger partial charge in [-0.1, -0.05) is 32.9 Å². The summed E-state index contributed by atoms with van der Waals surface area (Å²) >= 11 is 0. The van der Waals surface area contributed by atoms with Crippen molar-refractivity contribution in [3.63, 3.8) is 0 Å². The van der Waals surface area contributed by atoms with Gasteiger partial charge in [0.05, 0.1) is 0 Å². The minimum atomic E-state index is 0.452. The van der Waals surface area contributed by atoms with Crippen LogP contribution < -0.4 is 0 Å². The minimum absolute atomic E-state index is 0.452. The molecule has 1 unspecified atom stereocenters. The lowest BCUT2D eigenvalue weighted by molar-refractivity contribution is 0.130. The summed E-state index contributed by atoms with van der Waals surface area (Å²) in [5, 5.41) is 0. The smallest absolute Gasteiger partial charge is 0.0255 e. The van der Waals surface area contributed by atoms with Crippen LogP contribution in [-0.4, -0.2) is 23.5 Å². The van der Waals surface area contributed by atoms with Crippen LogP contribution in [0.25, 0.3) is 0 Å². The van der Waals surface area contributed by atoms with E-state index in [0.717, 1.165) is 6.54 Å². The fraction of sp³-hybridized carbons (Fsp3) is 0.846. The normalized spacial score (nSPS) is 33.8. The number of rotatable bonds is 1. The zero-order chi connectivity index (χ0) is 10.4. The van der Waals surface area contributed by atoms with Gasteiger partial charge >= 0.3 is 0 Å². The van der Waals surface area contributed by atoms with E-state index >= 15 is 0 Å². The summed E-state index contributed by atoms with van der Waals surface area (Å²) in [6, 6.07) is 0. The van der Waals surface area contributed by atoms with Crippen LogP contribution in [0.4, 0.5) is 0 Å². The summed E-state index contributed by atoms with van der Waals surface area (Å²) in [4.78, 5) is 2.68. The van der Waals surface area contributed by atoms with E-state index in [1.54, 1.807) is 0 Å². The molecule has 2 aliphatic heterocycles. The summed E-state index contributed by atoms with van der Waals surface area (Å²) in [5.74, 6) is 0. The average Bonchev–Trinajstić information content (AvgIpc) is 2.38. The first kappa shape index (κ1) is 10.2. The molecule has 0 aliphatic carbocycles. The van der Waals surface area contributed by atoms with Gasteiger partial charge in [-0.3, -0.25) is 4.90 Å². The maximum atomic E-state index is 4.17. The third kappa shape index (κ3) is 1.75. The van der Waals surface area contributed by atoms with Gasteiger partial charge in [0.1, 0.15) is 0 Å². The van der Waals surface area contributed by atoms with Crippen molar-refractivity contribution >= 4 is 0 Å². The molecule has 0 bridgehead atoms. The molecule has 1 nitrogen and oxygen atoms in total. The van der Waals surface area contributed by atoms with Gasteiger partial charge in [0.25, 0.3) is 0 Å². The first-order valence-corrected chi connectivity index (χ1v) is 5.83. The van der Waals surface area contributed by atoms with E-state index in [1.165, 1.54) is 37.8 Å². The highest BCUT2D eigenvalue weighted by molar-refractivity contribution is 5.18. The van der Waals surface area contributed by atoms with Crippen LogP contribution in [-0.2, 0) is 0 Å². The Bertz CT molecular complexity index is 248. The van der Waals surface area contributed by atoms with Gasteiger partial charge in [0, 0.05) is 12.1 Å². The summed E-state index contributed by atoms with van der Waals surface area (Å²) in [7, 11) is 0. The second-order valence-corrected chi connectivity index (χ2v) is 6.41. The Labute approximate surface area is 88.2 Å². The van der Waals surface area contributed by atoms with Crippen molar-refractivity contribution in [1.29, 1.82) is 0 Å². The molecule has 0 amide bonds. The molecule has 0 radical (unpaired) electrons. The van der Waals surface area contributed by atoms with Crippen LogP contribution in [0.2, 0.25) is 0 Å². The van der Waals surface area contributed by atoms with E-state index in [4.69, 9.17) is 0 Å². The van der Waals surface area contributed by atoms with Gasteiger partial charge in [-0.05, 0) is 37.6 Å². The van der Waals surface area contributed by atoms with Crippen molar-refractivity contribution in [2.24, 2.45) is 5.41 Å². The molecule has 0 N–H and O–H groups in total. The van der Waals surface area contributed by atoms with E-state index in [9.17, 15) is 0 Å². The molecule has 1 atom stereocenters. The van der Waals surface area contributed by atoms with E-state index in [0.29, 0.717) is 11.0 Å². The molecule has 0 spiro atoms. The predicted octanol–water partition coefficient (Wildman–Crippen LogP) is 3.22. The van der Waals surface area contributed by atoms with Gasteiger partial charge in [-0.25, -0.2) is 0 Å². The zero-order valence-electron chi connectivity index (χ0n) is 9.90. The van der Waals surface area contributed by atoms with Crippen LogP contribution in [0.1, 0.15) is 46.5 Å². The minimum Gasteiger partial charge on any atom is -0.293 e. The maximum Gasteiger partial charge on any atom is 0.0255 e. The monoisotopic (exact) mass is 193 g/mol. The van der Waals surface area contributed by atoms with Gasteiger partial charge in [-0.2, -0.15) is 0 Å². The molecule has 2 heterocycles. The second kappa shape index (κ2) is 3.10. The predicted molar refractivity (Wildman–Crippen MR) is 61.4 cm³/mol. The summed E-state index contributed by atoms with van der Waals surface area (Å²) in [5.41, 5.74) is 2.40. The molecule has 80 valence electrons. The molecule has 0 aromatic rings. The lowest BCUT2D eigenvalue weighted by atomic mass is 9.77. The van der Waals surface area contributed by atoms with Crippen LogP contribution in [0.5, 0.6) is 0 Å². The molecule has 0 aromatic carbocycles. The summed E-state index contributed by atoms with van der Waals surface area (Å²) in [6.07, 6.45) is 5.37. The van der Waals surface area contributed by atoms with Crippen LogP contribution in [0.3, 0.4) is 0 Å². The van der Waals surface area contributed by atoms with E-state index in [1.807, 2.05) is 0 Å². The van der Waals surface area contributed by atoms with Crippen molar-refractivity contribution in [2.75, 3.05) is 13.1 Å². The van der Waals surface area contributed by atoms with E-state index < -0.39 is 0 Å². The van der Waals surface area contributed by atoms with E-state index in [-0.39, 0.29) is 0 Å². The molecule has 2 rings (SSSR count). The molecule has 2 fully saturated rings. The Kier molecular flexibility index (Phi) is 2.26. The van der Waals surface area contributed by atoms with Gasteiger partial charge < -0.3 is 0 Å². The summed E-state index contributed by atoms with van der Waals surface area (Å²) in [6.45, 7) is 13.7. The number of fused-ring (bicyclic) bond motifs is 1. The number of hydrogen-bond acceptors (Lipinski definition) is 1. The molecule has 2 aliphatic rings. The Hall–Kier alpha value is -0.300. The molecule has 0 aromatic heterocycles. The Morgan fingerprint density at radius 1 is 1.43 bits per heavy atom. The van der Waals surface area contributed by atoms with Crippen LogP contribution >= 0.6 is 0 Å². The lowest BCUT2D eigenvalue weighted by Gasteiger charge is -2.37.